The van der Waals surface area contributed by atoms with Gasteiger partial charge in [-0.1, -0.05) is 73.2 Å². The van der Waals surface area contributed by atoms with Gasteiger partial charge in [-0.2, -0.15) is 9.50 Å². The lowest BCUT2D eigenvalue weighted by molar-refractivity contribution is -0.113. The fourth-order valence-corrected chi connectivity index (χ4v) is 5.46. The fraction of sp³-hybridized carbons (Fsp3) is 0.172. The van der Waals surface area contributed by atoms with Crippen LogP contribution in [-0.2, 0) is 11.3 Å². The van der Waals surface area contributed by atoms with Gasteiger partial charge in [0.05, 0.1) is 24.4 Å². The van der Waals surface area contributed by atoms with Crippen LogP contribution in [0, 0.1) is 0 Å². The van der Waals surface area contributed by atoms with Gasteiger partial charge in [0.1, 0.15) is 10.3 Å². The Balaban J connectivity index is 1.37. The van der Waals surface area contributed by atoms with E-state index in [1.54, 1.807) is 4.90 Å². The zero-order valence-electron chi connectivity index (χ0n) is 20.3. The standard InChI is InChI=1S/C29H24N4O3S/c1-2-3-17-36-21-15-13-20(14-16-21)26-30-29-33(31-26)28(35)25(37-29)24-22-11-7-8-12-23(22)32(27(24)34)18-19-9-5-4-6-10-19/h4-16H,2-3,17-18H2,1H3/b25-24-. The number of para-hydroxylation sites is 1. The molecule has 0 unspecified atom stereocenters. The van der Waals surface area contributed by atoms with Crippen LogP contribution in [0.15, 0.2) is 83.7 Å². The predicted octanol–water partition coefficient (Wildman–Crippen LogP) is 4.46. The van der Waals surface area contributed by atoms with Crippen LogP contribution in [0.3, 0.4) is 0 Å². The molecule has 1 amide bonds. The number of aromatic nitrogens is 3. The van der Waals surface area contributed by atoms with Gasteiger partial charge in [0.2, 0.25) is 4.96 Å². The summed E-state index contributed by atoms with van der Waals surface area (Å²) >= 11 is 1.20. The summed E-state index contributed by atoms with van der Waals surface area (Å²) in [5.74, 6) is 1.06. The third-order valence-electron chi connectivity index (χ3n) is 6.37. The molecule has 0 saturated carbocycles. The molecule has 1 aliphatic heterocycles. The number of anilines is 1. The van der Waals surface area contributed by atoms with Gasteiger partial charge in [0, 0.05) is 11.1 Å². The molecule has 8 heteroatoms. The number of carbonyl (C=O) groups is 1. The molecule has 1 aliphatic rings. The number of amides is 1. The molecule has 7 nitrogen and oxygen atoms in total. The number of nitrogens with zero attached hydrogens (tertiary/aromatic N) is 4. The van der Waals surface area contributed by atoms with Crippen molar-refractivity contribution in [3.8, 4) is 17.1 Å². The van der Waals surface area contributed by atoms with Crippen molar-refractivity contribution >= 4 is 33.5 Å². The topological polar surface area (TPSA) is 76.8 Å². The number of fused-ring (bicyclic) bond motifs is 2. The van der Waals surface area contributed by atoms with E-state index in [1.165, 1.54) is 15.9 Å². The molecule has 3 heterocycles. The van der Waals surface area contributed by atoms with Crippen LogP contribution in [0.25, 0.3) is 21.9 Å². The average Bonchev–Trinajstić information content (AvgIpc) is 3.56. The van der Waals surface area contributed by atoms with Gasteiger partial charge >= 0.3 is 0 Å². The van der Waals surface area contributed by atoms with E-state index in [0.717, 1.165) is 41.0 Å². The van der Waals surface area contributed by atoms with Crippen molar-refractivity contribution in [3.05, 3.63) is 105 Å². The molecule has 0 atom stereocenters. The van der Waals surface area contributed by atoms with Crippen LogP contribution in [-0.4, -0.2) is 27.1 Å². The van der Waals surface area contributed by atoms with E-state index in [1.807, 2.05) is 78.9 Å². The van der Waals surface area contributed by atoms with Crippen molar-refractivity contribution in [2.75, 3.05) is 11.5 Å². The van der Waals surface area contributed by atoms with Crippen molar-refractivity contribution in [1.29, 1.82) is 0 Å². The summed E-state index contributed by atoms with van der Waals surface area (Å²) in [5, 5.41) is 4.47. The van der Waals surface area contributed by atoms with Gasteiger partial charge < -0.3 is 9.64 Å². The molecule has 0 radical (unpaired) electrons. The highest BCUT2D eigenvalue weighted by atomic mass is 32.1. The molecule has 0 fully saturated rings. The molecule has 2 aromatic heterocycles. The second kappa shape index (κ2) is 9.63. The lowest BCUT2D eigenvalue weighted by Gasteiger charge is -2.17. The highest BCUT2D eigenvalue weighted by Crippen LogP contribution is 2.36. The summed E-state index contributed by atoms with van der Waals surface area (Å²) in [4.78, 5) is 33.9. The zero-order valence-corrected chi connectivity index (χ0v) is 21.1. The number of unbranched alkanes of at least 4 members (excludes halogenated alkanes) is 1. The Hall–Kier alpha value is -4.30. The van der Waals surface area contributed by atoms with Crippen molar-refractivity contribution in [1.82, 2.24) is 14.6 Å². The van der Waals surface area contributed by atoms with E-state index in [0.29, 0.717) is 34.0 Å². The molecule has 3 aromatic carbocycles. The summed E-state index contributed by atoms with van der Waals surface area (Å²) in [5.41, 5.74) is 3.43. The first kappa shape index (κ1) is 23.1. The SMILES string of the molecule is CCCCOc1ccc(-c2nc3s/c(=C4\C(=O)N(Cc5ccccc5)c5ccccc54)c(=O)n3n2)cc1. The highest BCUT2D eigenvalue weighted by Gasteiger charge is 2.34. The van der Waals surface area contributed by atoms with Crippen LogP contribution in [0.2, 0.25) is 0 Å². The zero-order chi connectivity index (χ0) is 25.4. The Bertz CT molecular complexity index is 1710. The van der Waals surface area contributed by atoms with Gasteiger partial charge in [0.25, 0.3) is 11.5 Å². The minimum absolute atomic E-state index is 0.189. The lowest BCUT2D eigenvalue weighted by atomic mass is 10.1. The maximum absolute atomic E-state index is 13.6. The summed E-state index contributed by atoms with van der Waals surface area (Å²) < 4.78 is 7.38. The van der Waals surface area contributed by atoms with Gasteiger partial charge in [-0.15, -0.1) is 5.10 Å². The molecule has 6 rings (SSSR count). The summed E-state index contributed by atoms with van der Waals surface area (Å²) in [6.45, 7) is 3.23. The van der Waals surface area contributed by atoms with E-state index >= 15 is 0 Å². The van der Waals surface area contributed by atoms with Crippen molar-refractivity contribution in [3.63, 3.8) is 0 Å². The van der Waals surface area contributed by atoms with Crippen LogP contribution in [0.4, 0.5) is 5.69 Å². The number of carbonyl (C=O) groups excluding carboxylic acids is 1. The van der Waals surface area contributed by atoms with E-state index < -0.39 is 0 Å². The van der Waals surface area contributed by atoms with E-state index in [9.17, 15) is 9.59 Å². The smallest absolute Gasteiger partial charge is 0.291 e. The Morgan fingerprint density at radius 1 is 0.919 bits per heavy atom. The number of hydrogen-bond donors (Lipinski definition) is 0. The second-order valence-electron chi connectivity index (χ2n) is 8.86. The normalized spacial score (nSPS) is 14.4. The molecule has 37 heavy (non-hydrogen) atoms. The maximum Gasteiger partial charge on any atom is 0.291 e. The number of hydrogen-bond acceptors (Lipinski definition) is 6. The molecule has 0 bridgehead atoms. The van der Waals surface area contributed by atoms with E-state index in [4.69, 9.17) is 4.74 Å². The fourth-order valence-electron chi connectivity index (χ4n) is 4.46. The van der Waals surface area contributed by atoms with Gasteiger partial charge in [-0.3, -0.25) is 9.59 Å². The maximum atomic E-state index is 13.6. The number of thiazole rings is 1. The lowest BCUT2D eigenvalue weighted by Crippen LogP contribution is -2.32. The van der Waals surface area contributed by atoms with Gasteiger partial charge in [-0.25, -0.2) is 0 Å². The molecular weight excluding hydrogens is 484 g/mol. The molecule has 5 aromatic rings. The third-order valence-corrected chi connectivity index (χ3v) is 7.40. The number of ether oxygens (including phenoxy) is 1. The van der Waals surface area contributed by atoms with Gasteiger partial charge in [0.15, 0.2) is 5.82 Å². The number of rotatable bonds is 7. The quantitative estimate of drug-likeness (QED) is 0.304. The number of benzene rings is 3. The first-order chi connectivity index (χ1) is 18.1. The first-order valence-corrected chi connectivity index (χ1v) is 13.1. The monoisotopic (exact) mass is 508 g/mol. The third kappa shape index (κ3) is 4.19. The van der Waals surface area contributed by atoms with Crippen LogP contribution in [0.5, 0.6) is 5.75 Å². The van der Waals surface area contributed by atoms with Crippen LogP contribution in [0.1, 0.15) is 30.9 Å². The Morgan fingerprint density at radius 2 is 1.68 bits per heavy atom. The molecule has 184 valence electrons. The highest BCUT2D eigenvalue weighted by molar-refractivity contribution is 7.15. The predicted molar refractivity (Wildman–Crippen MR) is 145 cm³/mol. The van der Waals surface area contributed by atoms with Crippen molar-refractivity contribution in [2.24, 2.45) is 0 Å². The summed E-state index contributed by atoms with van der Waals surface area (Å²) in [7, 11) is 0. The van der Waals surface area contributed by atoms with Gasteiger partial charge in [-0.05, 0) is 42.3 Å². The average molecular weight is 509 g/mol. The van der Waals surface area contributed by atoms with Crippen molar-refractivity contribution < 1.29 is 9.53 Å². The Morgan fingerprint density at radius 3 is 2.43 bits per heavy atom. The van der Waals surface area contributed by atoms with E-state index in [2.05, 4.69) is 17.0 Å². The van der Waals surface area contributed by atoms with E-state index in [-0.39, 0.29) is 11.5 Å². The Kier molecular flexibility index (Phi) is 6.02. The molecule has 0 N–H and O–H groups in total. The summed E-state index contributed by atoms with van der Waals surface area (Å²) in [6, 6.07) is 25.0. The minimum Gasteiger partial charge on any atom is -0.494 e. The first-order valence-electron chi connectivity index (χ1n) is 12.3. The molecule has 0 saturated heterocycles. The molecular formula is C29H24N4O3S. The van der Waals surface area contributed by atoms with Crippen LogP contribution < -0.4 is 19.7 Å². The summed E-state index contributed by atoms with van der Waals surface area (Å²) in [6.07, 6.45) is 2.08. The minimum atomic E-state index is -0.335. The second-order valence-corrected chi connectivity index (χ2v) is 9.84. The Labute approximate surface area is 217 Å². The molecule has 0 aliphatic carbocycles. The molecule has 0 spiro atoms. The largest absolute Gasteiger partial charge is 0.494 e. The van der Waals surface area contributed by atoms with Crippen molar-refractivity contribution in [2.45, 2.75) is 26.3 Å². The van der Waals surface area contributed by atoms with Crippen LogP contribution >= 0.6 is 11.3 Å².